The van der Waals surface area contributed by atoms with Crippen LogP contribution >= 0.6 is 11.3 Å². The summed E-state index contributed by atoms with van der Waals surface area (Å²) in [5.74, 6) is -0.00708. The molecule has 102 valence electrons. The average Bonchev–Trinajstić information content (AvgIpc) is 2.59. The standard InChI is InChI=1S/C14H24N2OS/c1-8-14(6,7)16-11(17)10-9(2)15-12(18-10)13(3,4)5/h8H2,1-7H3,(H,16,17). The van der Waals surface area contributed by atoms with Crippen LogP contribution in [0.4, 0.5) is 0 Å². The fourth-order valence-electron chi connectivity index (χ4n) is 1.38. The Morgan fingerprint density at radius 1 is 1.28 bits per heavy atom. The third-order valence-corrected chi connectivity index (χ3v) is 4.56. The first-order valence-electron chi connectivity index (χ1n) is 6.37. The van der Waals surface area contributed by atoms with Crippen LogP contribution in [0.25, 0.3) is 0 Å². The van der Waals surface area contributed by atoms with E-state index in [4.69, 9.17) is 0 Å². The predicted octanol–water partition coefficient (Wildman–Crippen LogP) is 3.67. The second-order valence-corrected chi connectivity index (χ2v) is 7.37. The summed E-state index contributed by atoms with van der Waals surface area (Å²) in [6.07, 6.45) is 0.905. The molecule has 4 heteroatoms. The first-order chi connectivity index (χ1) is 8.07. The highest BCUT2D eigenvalue weighted by Gasteiger charge is 2.25. The number of thiazole rings is 1. The molecule has 1 heterocycles. The van der Waals surface area contributed by atoms with Gasteiger partial charge in [0.05, 0.1) is 10.7 Å². The van der Waals surface area contributed by atoms with Crippen molar-refractivity contribution in [1.29, 1.82) is 0 Å². The zero-order valence-corrected chi connectivity index (χ0v) is 13.3. The molecule has 0 unspecified atom stereocenters. The van der Waals surface area contributed by atoms with Gasteiger partial charge >= 0.3 is 0 Å². The molecular formula is C14H24N2OS. The van der Waals surface area contributed by atoms with Gasteiger partial charge in [0.15, 0.2) is 0 Å². The van der Waals surface area contributed by atoms with Gasteiger partial charge in [0.2, 0.25) is 0 Å². The van der Waals surface area contributed by atoms with Crippen molar-refractivity contribution in [1.82, 2.24) is 10.3 Å². The van der Waals surface area contributed by atoms with Crippen molar-refractivity contribution in [3.8, 4) is 0 Å². The Morgan fingerprint density at radius 3 is 2.22 bits per heavy atom. The van der Waals surface area contributed by atoms with Crippen LogP contribution < -0.4 is 5.32 Å². The fraction of sp³-hybridized carbons (Fsp3) is 0.714. The number of amides is 1. The minimum Gasteiger partial charge on any atom is -0.346 e. The molecule has 0 aromatic carbocycles. The average molecular weight is 268 g/mol. The minimum absolute atomic E-state index is 0.00572. The molecule has 0 saturated heterocycles. The molecule has 0 aliphatic carbocycles. The van der Waals surface area contributed by atoms with Crippen LogP contribution in [0.3, 0.4) is 0 Å². The summed E-state index contributed by atoms with van der Waals surface area (Å²) in [6, 6.07) is 0. The van der Waals surface area contributed by atoms with Crippen LogP contribution in [-0.2, 0) is 5.41 Å². The molecule has 0 fully saturated rings. The minimum atomic E-state index is -0.171. The Balaban J connectivity index is 2.98. The van der Waals surface area contributed by atoms with Crippen molar-refractivity contribution < 1.29 is 4.79 Å². The number of aromatic nitrogens is 1. The highest BCUT2D eigenvalue weighted by molar-refractivity contribution is 7.14. The highest BCUT2D eigenvalue weighted by Crippen LogP contribution is 2.29. The summed E-state index contributed by atoms with van der Waals surface area (Å²) in [5.41, 5.74) is 0.651. The fourth-order valence-corrected chi connectivity index (χ4v) is 2.40. The smallest absolute Gasteiger partial charge is 0.263 e. The van der Waals surface area contributed by atoms with Crippen molar-refractivity contribution in [2.24, 2.45) is 0 Å². The summed E-state index contributed by atoms with van der Waals surface area (Å²) in [4.78, 5) is 17.5. The first kappa shape index (κ1) is 15.2. The van der Waals surface area contributed by atoms with E-state index in [-0.39, 0.29) is 16.9 Å². The molecule has 1 aromatic rings. The SMILES string of the molecule is CCC(C)(C)NC(=O)c1sc(C(C)(C)C)nc1C. The molecule has 0 spiro atoms. The lowest BCUT2D eigenvalue weighted by Crippen LogP contribution is -2.42. The summed E-state index contributed by atoms with van der Waals surface area (Å²) < 4.78 is 0. The molecule has 18 heavy (non-hydrogen) atoms. The number of carbonyl (C=O) groups is 1. The topological polar surface area (TPSA) is 42.0 Å². The van der Waals surface area contributed by atoms with Gasteiger partial charge < -0.3 is 5.32 Å². The van der Waals surface area contributed by atoms with Crippen molar-refractivity contribution in [2.45, 2.75) is 65.8 Å². The van der Waals surface area contributed by atoms with E-state index in [1.165, 1.54) is 11.3 Å². The van der Waals surface area contributed by atoms with Crippen LogP contribution in [0.15, 0.2) is 0 Å². The van der Waals surface area contributed by atoms with E-state index < -0.39 is 0 Å². The second kappa shape index (κ2) is 5.00. The zero-order chi connectivity index (χ0) is 14.1. The Bertz CT molecular complexity index is 441. The second-order valence-electron chi connectivity index (χ2n) is 6.38. The summed E-state index contributed by atoms with van der Waals surface area (Å²) in [5, 5.41) is 4.07. The monoisotopic (exact) mass is 268 g/mol. The molecule has 0 bridgehead atoms. The van der Waals surface area contributed by atoms with Gasteiger partial charge in [-0.15, -0.1) is 11.3 Å². The molecule has 3 nitrogen and oxygen atoms in total. The van der Waals surface area contributed by atoms with Crippen molar-refractivity contribution in [2.75, 3.05) is 0 Å². The largest absolute Gasteiger partial charge is 0.346 e. The Hall–Kier alpha value is -0.900. The Labute approximate surface area is 114 Å². The lowest BCUT2D eigenvalue weighted by atomic mass is 9.98. The number of aryl methyl sites for hydroxylation is 1. The van der Waals surface area contributed by atoms with Crippen LogP contribution in [0, 0.1) is 6.92 Å². The van der Waals surface area contributed by atoms with Crippen molar-refractivity contribution >= 4 is 17.2 Å². The molecule has 1 rings (SSSR count). The molecule has 0 aliphatic heterocycles. The lowest BCUT2D eigenvalue weighted by molar-refractivity contribution is 0.0914. The molecule has 1 N–H and O–H groups in total. The van der Waals surface area contributed by atoms with Crippen LogP contribution in [0.1, 0.15) is 68.3 Å². The molecule has 1 aromatic heterocycles. The third kappa shape index (κ3) is 3.55. The van der Waals surface area contributed by atoms with Crippen molar-refractivity contribution in [3.63, 3.8) is 0 Å². The van der Waals surface area contributed by atoms with Gasteiger partial charge in [-0.05, 0) is 27.2 Å². The van der Waals surface area contributed by atoms with Crippen LogP contribution in [-0.4, -0.2) is 16.4 Å². The van der Waals surface area contributed by atoms with Crippen LogP contribution in [0.2, 0.25) is 0 Å². The van der Waals surface area contributed by atoms with Gasteiger partial charge in [0.25, 0.3) is 5.91 Å². The third-order valence-electron chi connectivity index (χ3n) is 2.98. The summed E-state index contributed by atoms with van der Waals surface area (Å²) in [7, 11) is 0. The van der Waals surface area contributed by atoms with Gasteiger partial charge in [-0.1, -0.05) is 27.7 Å². The van der Waals surface area contributed by atoms with E-state index in [0.717, 1.165) is 22.0 Å². The molecular weight excluding hydrogens is 244 g/mol. The van der Waals surface area contributed by atoms with E-state index in [9.17, 15) is 4.79 Å². The number of carbonyl (C=O) groups excluding carboxylic acids is 1. The zero-order valence-electron chi connectivity index (χ0n) is 12.5. The van der Waals surface area contributed by atoms with Gasteiger partial charge in [-0.25, -0.2) is 4.98 Å². The van der Waals surface area contributed by atoms with Gasteiger partial charge in [-0.3, -0.25) is 4.79 Å². The number of hydrogen-bond acceptors (Lipinski definition) is 3. The van der Waals surface area contributed by atoms with Crippen molar-refractivity contribution in [3.05, 3.63) is 15.6 Å². The first-order valence-corrected chi connectivity index (χ1v) is 7.19. The highest BCUT2D eigenvalue weighted by atomic mass is 32.1. The maximum atomic E-state index is 12.2. The summed E-state index contributed by atoms with van der Waals surface area (Å²) in [6.45, 7) is 14.4. The predicted molar refractivity (Wildman–Crippen MR) is 77.4 cm³/mol. The molecule has 0 radical (unpaired) electrons. The van der Waals surface area contributed by atoms with E-state index in [1.807, 2.05) is 20.8 Å². The van der Waals surface area contributed by atoms with Gasteiger partial charge in [0, 0.05) is 11.0 Å². The number of nitrogens with zero attached hydrogens (tertiary/aromatic N) is 1. The number of hydrogen-bond donors (Lipinski definition) is 1. The number of nitrogens with one attached hydrogen (secondary N) is 1. The van der Waals surface area contributed by atoms with E-state index in [2.05, 4.69) is 38.0 Å². The maximum Gasteiger partial charge on any atom is 0.263 e. The summed E-state index contributed by atoms with van der Waals surface area (Å²) >= 11 is 1.50. The molecule has 0 atom stereocenters. The van der Waals surface area contributed by atoms with E-state index >= 15 is 0 Å². The molecule has 1 amide bonds. The number of rotatable bonds is 3. The van der Waals surface area contributed by atoms with E-state index in [1.54, 1.807) is 0 Å². The van der Waals surface area contributed by atoms with E-state index in [0.29, 0.717) is 0 Å². The Kier molecular flexibility index (Phi) is 4.21. The van der Waals surface area contributed by atoms with Crippen LogP contribution in [0.5, 0.6) is 0 Å². The van der Waals surface area contributed by atoms with Gasteiger partial charge in [-0.2, -0.15) is 0 Å². The normalized spacial score (nSPS) is 12.6. The van der Waals surface area contributed by atoms with Gasteiger partial charge in [0.1, 0.15) is 4.88 Å². The maximum absolute atomic E-state index is 12.2. The molecule has 0 aliphatic rings. The lowest BCUT2D eigenvalue weighted by Gasteiger charge is -2.24. The quantitative estimate of drug-likeness (QED) is 0.909. The molecule has 0 saturated carbocycles. The Morgan fingerprint density at radius 2 is 1.83 bits per heavy atom.